The molecule has 0 aliphatic carbocycles. The molecule has 5 rings (SSSR count). The number of anilines is 2. The van der Waals surface area contributed by atoms with Gasteiger partial charge in [-0.1, -0.05) is 18.2 Å². The van der Waals surface area contributed by atoms with Crippen LogP contribution < -0.4 is 19.9 Å². The molecule has 9 nitrogen and oxygen atoms in total. The Hall–Kier alpha value is -4.14. The Balaban J connectivity index is 1.22. The molecule has 4 aromatic rings. The highest BCUT2D eigenvalue weighted by Crippen LogP contribution is 2.26. The Labute approximate surface area is 198 Å². The Morgan fingerprint density at radius 3 is 2.44 bits per heavy atom. The number of ether oxygens (including phenoxy) is 1. The molecule has 1 fully saturated rings. The van der Waals surface area contributed by atoms with Crippen LogP contribution in [0, 0.1) is 0 Å². The molecule has 0 bridgehead atoms. The van der Waals surface area contributed by atoms with Crippen molar-refractivity contribution < 1.29 is 9.53 Å². The highest BCUT2D eigenvalue weighted by atomic mass is 16.5. The molecule has 0 atom stereocenters. The molecule has 9 heteroatoms. The van der Waals surface area contributed by atoms with E-state index >= 15 is 0 Å². The summed E-state index contributed by atoms with van der Waals surface area (Å²) in [5.41, 5.74) is 2.61. The van der Waals surface area contributed by atoms with Crippen LogP contribution in [0.25, 0.3) is 11.0 Å². The minimum Gasteiger partial charge on any atom is -0.497 e. The van der Waals surface area contributed by atoms with Gasteiger partial charge in [-0.3, -0.25) is 4.79 Å². The van der Waals surface area contributed by atoms with Crippen molar-refractivity contribution in [3.63, 3.8) is 0 Å². The van der Waals surface area contributed by atoms with Gasteiger partial charge < -0.3 is 19.9 Å². The van der Waals surface area contributed by atoms with Gasteiger partial charge in [0.1, 0.15) is 17.9 Å². The summed E-state index contributed by atoms with van der Waals surface area (Å²) in [5, 5.41) is 8.38. The fourth-order valence-electron chi connectivity index (χ4n) is 4.23. The average molecular weight is 458 g/mol. The first-order valence-corrected chi connectivity index (χ1v) is 11.4. The minimum absolute atomic E-state index is 0.0953. The maximum absolute atomic E-state index is 12.3. The highest BCUT2D eigenvalue weighted by molar-refractivity contribution is 5.94. The average Bonchev–Trinajstić information content (AvgIpc) is 3.32. The van der Waals surface area contributed by atoms with Crippen LogP contribution in [0.15, 0.2) is 67.1 Å². The van der Waals surface area contributed by atoms with Gasteiger partial charge in [0.05, 0.1) is 25.2 Å². The number of fused-ring (bicyclic) bond motifs is 1. The minimum atomic E-state index is -0.0953. The molecule has 2 aromatic carbocycles. The Morgan fingerprint density at radius 2 is 1.71 bits per heavy atom. The molecule has 1 saturated heterocycles. The van der Waals surface area contributed by atoms with Crippen molar-refractivity contribution in [3.8, 4) is 5.75 Å². The molecule has 1 N–H and O–H groups in total. The quantitative estimate of drug-likeness (QED) is 0.456. The smallest absolute Gasteiger partial charge is 0.251 e. The number of rotatable bonds is 7. The third-order valence-corrected chi connectivity index (χ3v) is 6.07. The molecule has 1 aliphatic heterocycles. The van der Waals surface area contributed by atoms with Gasteiger partial charge in [-0.2, -0.15) is 5.10 Å². The number of amides is 1. The van der Waals surface area contributed by atoms with E-state index in [1.165, 1.54) is 5.69 Å². The normalized spacial score (nSPS) is 13.8. The molecule has 0 saturated carbocycles. The van der Waals surface area contributed by atoms with Gasteiger partial charge in [0.2, 0.25) is 0 Å². The predicted octanol–water partition coefficient (Wildman–Crippen LogP) is 2.59. The number of methoxy groups -OCH3 is 1. The Morgan fingerprint density at radius 1 is 0.971 bits per heavy atom. The van der Waals surface area contributed by atoms with Crippen molar-refractivity contribution in [1.82, 2.24) is 25.1 Å². The number of piperazine rings is 1. The van der Waals surface area contributed by atoms with Crippen molar-refractivity contribution in [3.05, 3.63) is 72.7 Å². The first-order valence-electron chi connectivity index (χ1n) is 11.4. The van der Waals surface area contributed by atoms with Gasteiger partial charge in [-0.05, 0) is 36.4 Å². The fraction of sp³-hybridized carbons (Fsp3) is 0.280. The van der Waals surface area contributed by atoms with Crippen LogP contribution in [0.2, 0.25) is 0 Å². The predicted molar refractivity (Wildman–Crippen MR) is 132 cm³/mol. The van der Waals surface area contributed by atoms with E-state index in [0.29, 0.717) is 18.7 Å². The number of hydrogen-bond donors (Lipinski definition) is 1. The number of carbonyl (C=O) groups is 1. The van der Waals surface area contributed by atoms with E-state index in [9.17, 15) is 4.79 Å². The molecular weight excluding hydrogens is 430 g/mol. The number of carbonyl (C=O) groups excluding carboxylic acids is 1. The standard InChI is InChI=1S/C25H27N7O2/c1-34-21-9-7-20(8-10-21)30-13-15-31(16-14-30)23-22-17-29-32(24(22)28-18-27-23)12-11-26-25(33)19-5-3-2-4-6-19/h2-10,17-18H,11-16H2,1H3,(H,26,33). The van der Waals surface area contributed by atoms with Crippen LogP contribution in [0.1, 0.15) is 10.4 Å². The van der Waals surface area contributed by atoms with Crippen LogP contribution >= 0.6 is 0 Å². The zero-order valence-electron chi connectivity index (χ0n) is 19.1. The highest BCUT2D eigenvalue weighted by Gasteiger charge is 2.21. The molecule has 0 spiro atoms. The second-order valence-corrected chi connectivity index (χ2v) is 8.10. The lowest BCUT2D eigenvalue weighted by molar-refractivity contribution is 0.0952. The van der Waals surface area contributed by atoms with E-state index in [0.717, 1.165) is 48.8 Å². The van der Waals surface area contributed by atoms with E-state index in [2.05, 4.69) is 42.3 Å². The van der Waals surface area contributed by atoms with Gasteiger partial charge in [0.25, 0.3) is 5.91 Å². The van der Waals surface area contributed by atoms with Crippen LogP contribution in [-0.4, -0.2) is 65.5 Å². The van der Waals surface area contributed by atoms with E-state index in [1.807, 2.05) is 41.2 Å². The first-order chi connectivity index (χ1) is 16.7. The van der Waals surface area contributed by atoms with Gasteiger partial charge in [0, 0.05) is 44.0 Å². The van der Waals surface area contributed by atoms with Crippen LogP contribution in [-0.2, 0) is 6.54 Å². The van der Waals surface area contributed by atoms with Crippen molar-refractivity contribution in [1.29, 1.82) is 0 Å². The molecule has 174 valence electrons. The second-order valence-electron chi connectivity index (χ2n) is 8.10. The van der Waals surface area contributed by atoms with E-state index < -0.39 is 0 Å². The summed E-state index contributed by atoms with van der Waals surface area (Å²) >= 11 is 0. The number of nitrogens with one attached hydrogen (secondary N) is 1. The van der Waals surface area contributed by atoms with E-state index in [4.69, 9.17) is 4.74 Å². The largest absolute Gasteiger partial charge is 0.497 e. The van der Waals surface area contributed by atoms with Crippen LogP contribution in [0.5, 0.6) is 5.75 Å². The lowest BCUT2D eigenvalue weighted by Gasteiger charge is -2.36. The number of nitrogens with zero attached hydrogens (tertiary/aromatic N) is 6. The van der Waals surface area contributed by atoms with Crippen molar-refractivity contribution in [2.45, 2.75) is 6.54 Å². The van der Waals surface area contributed by atoms with Gasteiger partial charge in [0.15, 0.2) is 5.65 Å². The summed E-state index contributed by atoms with van der Waals surface area (Å²) in [7, 11) is 1.68. The summed E-state index contributed by atoms with van der Waals surface area (Å²) in [6.07, 6.45) is 3.41. The summed E-state index contributed by atoms with van der Waals surface area (Å²) in [6.45, 7) is 4.51. The molecular formula is C25H27N7O2. The summed E-state index contributed by atoms with van der Waals surface area (Å²) in [4.78, 5) is 26.0. The Kier molecular flexibility index (Phi) is 6.24. The number of hydrogen-bond acceptors (Lipinski definition) is 7. The van der Waals surface area contributed by atoms with Crippen molar-refractivity contribution >= 4 is 28.4 Å². The monoisotopic (exact) mass is 457 g/mol. The van der Waals surface area contributed by atoms with Gasteiger partial charge in [-0.15, -0.1) is 0 Å². The van der Waals surface area contributed by atoms with Crippen LogP contribution in [0.4, 0.5) is 11.5 Å². The zero-order chi connectivity index (χ0) is 23.3. The number of benzene rings is 2. The van der Waals surface area contributed by atoms with E-state index in [1.54, 1.807) is 25.6 Å². The van der Waals surface area contributed by atoms with Crippen molar-refractivity contribution in [2.24, 2.45) is 0 Å². The summed E-state index contributed by atoms with van der Waals surface area (Å²) in [6, 6.07) is 17.4. The third-order valence-electron chi connectivity index (χ3n) is 6.07. The summed E-state index contributed by atoms with van der Waals surface area (Å²) in [5.74, 6) is 1.67. The molecule has 34 heavy (non-hydrogen) atoms. The topological polar surface area (TPSA) is 88.4 Å². The SMILES string of the molecule is COc1ccc(N2CCN(c3ncnc4c3cnn4CCNC(=O)c3ccccc3)CC2)cc1. The Bertz CT molecular complexity index is 1250. The summed E-state index contributed by atoms with van der Waals surface area (Å²) < 4.78 is 7.08. The molecule has 1 aliphatic rings. The molecule has 1 amide bonds. The molecule has 0 unspecified atom stereocenters. The number of aromatic nitrogens is 4. The maximum Gasteiger partial charge on any atom is 0.251 e. The second kappa shape index (κ2) is 9.78. The lowest BCUT2D eigenvalue weighted by Crippen LogP contribution is -2.46. The third kappa shape index (κ3) is 4.50. The van der Waals surface area contributed by atoms with Gasteiger partial charge >= 0.3 is 0 Å². The molecule has 3 heterocycles. The molecule has 0 radical (unpaired) electrons. The first kappa shape index (κ1) is 21.7. The van der Waals surface area contributed by atoms with Gasteiger partial charge in [-0.25, -0.2) is 14.6 Å². The van der Waals surface area contributed by atoms with E-state index in [-0.39, 0.29) is 5.91 Å². The fourth-order valence-corrected chi connectivity index (χ4v) is 4.23. The zero-order valence-corrected chi connectivity index (χ0v) is 19.1. The lowest BCUT2D eigenvalue weighted by atomic mass is 10.2. The maximum atomic E-state index is 12.3. The van der Waals surface area contributed by atoms with Crippen LogP contribution in [0.3, 0.4) is 0 Å². The molecule has 2 aromatic heterocycles. The van der Waals surface area contributed by atoms with Crippen molar-refractivity contribution in [2.75, 3.05) is 49.6 Å².